The third-order valence-corrected chi connectivity index (χ3v) is 12.0. The number of alkyl halides is 1. The van der Waals surface area contributed by atoms with Gasteiger partial charge in [0, 0.05) is 12.4 Å². The smallest absolute Gasteiger partial charge is 0.119 e. The van der Waals surface area contributed by atoms with Gasteiger partial charge in [0.25, 0.3) is 0 Å². The van der Waals surface area contributed by atoms with Crippen molar-refractivity contribution in [2.24, 2.45) is 0 Å². The largest absolute Gasteiger partial charge is 0.491 e. The van der Waals surface area contributed by atoms with E-state index in [1.165, 1.54) is 16.7 Å². The van der Waals surface area contributed by atoms with E-state index in [2.05, 4.69) is 88.7 Å². The summed E-state index contributed by atoms with van der Waals surface area (Å²) in [5, 5.41) is 0.859. The molecular formula is C61H91BrO19. The van der Waals surface area contributed by atoms with Crippen LogP contribution in [-0.2, 0) is 92.5 Å². The second-order valence-electron chi connectivity index (χ2n) is 17.5. The molecule has 0 aliphatic rings. The average molecular weight is 1210 g/mol. The number of benzene rings is 4. The fourth-order valence-corrected chi connectivity index (χ4v) is 7.37. The highest BCUT2D eigenvalue weighted by Gasteiger charge is 2.05. The van der Waals surface area contributed by atoms with Crippen molar-refractivity contribution in [1.82, 2.24) is 0 Å². The minimum atomic E-state index is 0.451. The van der Waals surface area contributed by atoms with Crippen LogP contribution in [-0.4, -0.2) is 232 Å². The van der Waals surface area contributed by atoms with Gasteiger partial charge in [0.05, 0.1) is 218 Å². The SMILES string of the molecule is COCCOCCOCCOCCOCCOCCOCCOCCOCCOCCOCCOCCOCCOCCOCCOCCOCCOc1ccc(-c2ccc(OCc3ccc(-c4ccc(CBr)cc4)cc3)cc2)cc1. The van der Waals surface area contributed by atoms with Crippen LogP contribution in [0.25, 0.3) is 22.3 Å². The van der Waals surface area contributed by atoms with Crippen molar-refractivity contribution < 1.29 is 90.0 Å². The van der Waals surface area contributed by atoms with Crippen LogP contribution in [0.4, 0.5) is 0 Å². The molecule has 0 saturated carbocycles. The van der Waals surface area contributed by atoms with Gasteiger partial charge in [-0.2, -0.15) is 0 Å². The maximum Gasteiger partial charge on any atom is 0.119 e. The molecule has 0 aliphatic carbocycles. The predicted molar refractivity (Wildman–Crippen MR) is 311 cm³/mol. The first-order valence-corrected chi connectivity index (χ1v) is 29.3. The average Bonchev–Trinajstić information content (AvgIpc) is 3.54. The zero-order valence-corrected chi connectivity index (χ0v) is 49.4. The summed E-state index contributed by atoms with van der Waals surface area (Å²) in [5.74, 6) is 1.62. The van der Waals surface area contributed by atoms with Crippen LogP contribution in [0.5, 0.6) is 11.5 Å². The van der Waals surface area contributed by atoms with E-state index in [9.17, 15) is 0 Å². The van der Waals surface area contributed by atoms with E-state index in [1.54, 1.807) is 7.11 Å². The van der Waals surface area contributed by atoms with Gasteiger partial charge in [-0.15, -0.1) is 0 Å². The van der Waals surface area contributed by atoms with E-state index in [1.807, 2.05) is 24.3 Å². The summed E-state index contributed by atoms with van der Waals surface area (Å²) in [5.41, 5.74) is 6.99. The Morgan fingerprint density at radius 1 is 0.222 bits per heavy atom. The lowest BCUT2D eigenvalue weighted by molar-refractivity contribution is -0.0306. The van der Waals surface area contributed by atoms with E-state index < -0.39 is 0 Å². The molecule has 0 heterocycles. The van der Waals surface area contributed by atoms with Crippen molar-refractivity contribution in [3.05, 3.63) is 108 Å². The van der Waals surface area contributed by atoms with Crippen LogP contribution in [0.2, 0.25) is 0 Å². The minimum absolute atomic E-state index is 0.451. The van der Waals surface area contributed by atoms with Crippen LogP contribution in [0.3, 0.4) is 0 Å². The third-order valence-electron chi connectivity index (χ3n) is 11.4. The van der Waals surface area contributed by atoms with Crippen LogP contribution < -0.4 is 9.47 Å². The van der Waals surface area contributed by atoms with E-state index in [4.69, 9.17) is 90.0 Å². The maximum atomic E-state index is 6.07. The molecule has 0 amide bonds. The Morgan fingerprint density at radius 3 is 0.654 bits per heavy atom. The summed E-state index contributed by atoms with van der Waals surface area (Å²) < 4.78 is 105. The van der Waals surface area contributed by atoms with Crippen LogP contribution in [0.15, 0.2) is 97.1 Å². The molecule has 0 saturated heterocycles. The van der Waals surface area contributed by atoms with E-state index in [0.29, 0.717) is 231 Å². The summed E-state index contributed by atoms with van der Waals surface area (Å²) >= 11 is 3.51. The van der Waals surface area contributed by atoms with Crippen molar-refractivity contribution in [2.45, 2.75) is 11.9 Å². The minimum Gasteiger partial charge on any atom is -0.491 e. The first kappa shape index (κ1) is 69.8. The van der Waals surface area contributed by atoms with Crippen molar-refractivity contribution in [3.63, 3.8) is 0 Å². The van der Waals surface area contributed by atoms with Crippen molar-refractivity contribution in [3.8, 4) is 33.8 Å². The standard InChI is InChI=1S/C61H91BrO19/c1-63-18-19-64-20-21-65-22-23-66-24-25-67-26-27-68-28-29-69-30-31-70-32-33-71-34-35-72-36-37-73-38-39-74-40-41-75-42-43-76-44-45-77-46-47-78-48-49-79-50-51-80-60-14-10-58(11-15-60)59-12-16-61(17-13-59)81-53-55-4-8-57(9-5-55)56-6-2-54(52-62)3-7-56/h2-17H,18-53H2,1H3. The van der Waals surface area contributed by atoms with Gasteiger partial charge in [-0.3, -0.25) is 0 Å². The molecule has 4 rings (SSSR count). The van der Waals surface area contributed by atoms with Crippen LogP contribution >= 0.6 is 15.9 Å². The maximum absolute atomic E-state index is 6.07. The lowest BCUT2D eigenvalue weighted by Gasteiger charge is -2.10. The zero-order valence-electron chi connectivity index (χ0n) is 47.8. The Morgan fingerprint density at radius 2 is 0.420 bits per heavy atom. The molecule has 0 unspecified atom stereocenters. The van der Waals surface area contributed by atoms with Gasteiger partial charge in [-0.05, 0) is 57.6 Å². The van der Waals surface area contributed by atoms with Crippen molar-refractivity contribution >= 4 is 15.9 Å². The van der Waals surface area contributed by atoms with Gasteiger partial charge >= 0.3 is 0 Å². The Balaban J connectivity index is 0.771. The van der Waals surface area contributed by atoms with Gasteiger partial charge in [0.1, 0.15) is 24.7 Å². The second kappa shape index (κ2) is 51.9. The third kappa shape index (κ3) is 38.7. The molecule has 0 aromatic heterocycles. The van der Waals surface area contributed by atoms with E-state index in [-0.39, 0.29) is 0 Å². The van der Waals surface area contributed by atoms with Crippen molar-refractivity contribution in [1.29, 1.82) is 0 Å². The number of methoxy groups -OCH3 is 1. The first-order valence-electron chi connectivity index (χ1n) is 28.2. The highest BCUT2D eigenvalue weighted by molar-refractivity contribution is 9.08. The second-order valence-corrected chi connectivity index (χ2v) is 18.1. The highest BCUT2D eigenvalue weighted by atomic mass is 79.9. The number of ether oxygens (including phenoxy) is 19. The molecular weight excluding hydrogens is 1120 g/mol. The molecule has 81 heavy (non-hydrogen) atoms. The number of hydrogen-bond donors (Lipinski definition) is 0. The van der Waals surface area contributed by atoms with Crippen molar-refractivity contribution in [2.75, 3.05) is 232 Å². The molecule has 0 radical (unpaired) electrons. The molecule has 0 bridgehead atoms. The summed E-state index contributed by atoms with van der Waals surface area (Å²) in [6.45, 7) is 17.5. The Hall–Kier alpha value is -3.72. The number of halogens is 1. The Labute approximate surface area is 489 Å². The molecule has 20 heteroatoms. The van der Waals surface area contributed by atoms with Crippen LogP contribution in [0, 0.1) is 0 Å². The fourth-order valence-electron chi connectivity index (χ4n) is 7.00. The summed E-state index contributed by atoms with van der Waals surface area (Å²) in [6.07, 6.45) is 0. The fraction of sp³-hybridized carbons (Fsp3) is 0.607. The molecule has 456 valence electrons. The van der Waals surface area contributed by atoms with E-state index in [0.717, 1.165) is 33.5 Å². The zero-order chi connectivity index (χ0) is 56.8. The topological polar surface area (TPSA) is 175 Å². The van der Waals surface area contributed by atoms with Gasteiger partial charge < -0.3 is 90.0 Å². The summed E-state index contributed by atoms with van der Waals surface area (Å²) in [7, 11) is 1.64. The number of rotatable bonds is 58. The quantitative estimate of drug-likeness (QED) is 0.0309. The first-order chi connectivity index (χ1) is 40.2. The molecule has 0 fully saturated rings. The lowest BCUT2D eigenvalue weighted by Crippen LogP contribution is -2.16. The molecule has 0 spiro atoms. The highest BCUT2D eigenvalue weighted by Crippen LogP contribution is 2.26. The molecule has 0 aliphatic heterocycles. The molecule has 19 nitrogen and oxygen atoms in total. The Bertz CT molecular complexity index is 1970. The lowest BCUT2D eigenvalue weighted by atomic mass is 10.0. The summed E-state index contributed by atoms with van der Waals surface area (Å²) in [6, 6.07) is 33.3. The van der Waals surface area contributed by atoms with Crippen LogP contribution in [0.1, 0.15) is 11.1 Å². The normalized spacial score (nSPS) is 11.5. The predicted octanol–water partition coefficient (Wildman–Crippen LogP) is 7.79. The van der Waals surface area contributed by atoms with Gasteiger partial charge in [-0.1, -0.05) is 88.7 Å². The monoisotopic (exact) mass is 1210 g/mol. The Kier molecular flexibility index (Phi) is 44.7. The molecule has 4 aromatic carbocycles. The van der Waals surface area contributed by atoms with Gasteiger partial charge in [0.2, 0.25) is 0 Å². The molecule has 0 atom stereocenters. The molecule has 4 aromatic rings. The van der Waals surface area contributed by atoms with Gasteiger partial charge in [-0.25, -0.2) is 0 Å². The van der Waals surface area contributed by atoms with Gasteiger partial charge in [0.15, 0.2) is 0 Å². The summed E-state index contributed by atoms with van der Waals surface area (Å²) in [4.78, 5) is 0. The van der Waals surface area contributed by atoms with E-state index >= 15 is 0 Å². The number of hydrogen-bond acceptors (Lipinski definition) is 19. The molecule has 0 N–H and O–H groups in total.